The maximum Gasteiger partial charge on any atom is 0.245 e. The molecule has 1 aliphatic rings. The second kappa shape index (κ2) is 13.7. The lowest BCUT2D eigenvalue weighted by Crippen LogP contribution is -2.38. The maximum absolute atomic E-state index is 13.0. The molecule has 194 valence electrons. The van der Waals surface area contributed by atoms with E-state index >= 15 is 0 Å². The Morgan fingerprint density at radius 3 is 2.30 bits per heavy atom. The molecule has 0 saturated carbocycles. The number of guanidine groups is 1. The average molecular weight is 520 g/mol. The fraction of sp³-hybridized carbons (Fsp3) is 0.310. The molecule has 0 aromatic heterocycles. The zero-order valence-electron chi connectivity index (χ0n) is 20.9. The molecule has 0 unspecified atom stereocenters. The molecule has 0 spiro atoms. The summed E-state index contributed by atoms with van der Waals surface area (Å²) in [4.78, 5) is 20.0. The predicted octanol–water partition coefficient (Wildman–Crippen LogP) is 5.07. The number of carbonyl (C=O) groups excluding carboxylic acids is 1. The number of likely N-dealkylation sites (tertiary alicyclic amines) is 1. The topological polar surface area (TPSA) is 92.0 Å². The zero-order valence-corrected chi connectivity index (χ0v) is 21.7. The van der Waals surface area contributed by atoms with Crippen molar-refractivity contribution >= 4 is 29.2 Å². The van der Waals surface area contributed by atoms with Gasteiger partial charge in [-0.15, -0.1) is 0 Å². The van der Waals surface area contributed by atoms with Gasteiger partial charge in [-0.1, -0.05) is 41.9 Å². The van der Waals surface area contributed by atoms with Crippen molar-refractivity contribution in [2.75, 3.05) is 31.5 Å². The van der Waals surface area contributed by atoms with E-state index in [9.17, 15) is 4.79 Å². The van der Waals surface area contributed by atoms with Crippen LogP contribution in [0.25, 0.3) is 0 Å². The highest BCUT2D eigenvalue weighted by Gasteiger charge is 2.19. The first-order chi connectivity index (χ1) is 18.0. The van der Waals surface area contributed by atoms with E-state index in [4.69, 9.17) is 22.1 Å². The molecule has 1 saturated heterocycles. The van der Waals surface area contributed by atoms with E-state index in [0.717, 1.165) is 37.3 Å². The van der Waals surface area contributed by atoms with Crippen molar-refractivity contribution in [1.82, 2.24) is 10.2 Å². The van der Waals surface area contributed by atoms with Crippen LogP contribution in [-0.2, 0) is 11.2 Å². The number of nitrogens with zero attached hydrogens (tertiary/aromatic N) is 2. The molecule has 8 heteroatoms. The van der Waals surface area contributed by atoms with E-state index in [-0.39, 0.29) is 11.9 Å². The van der Waals surface area contributed by atoms with Crippen LogP contribution in [0.4, 0.5) is 5.69 Å². The van der Waals surface area contributed by atoms with E-state index in [1.165, 1.54) is 12.8 Å². The highest BCUT2D eigenvalue weighted by atomic mass is 35.5. The molecule has 0 aliphatic carbocycles. The predicted molar refractivity (Wildman–Crippen MR) is 150 cm³/mol. The molecule has 37 heavy (non-hydrogen) atoms. The van der Waals surface area contributed by atoms with Gasteiger partial charge in [0.25, 0.3) is 0 Å². The zero-order chi connectivity index (χ0) is 25.9. The van der Waals surface area contributed by atoms with Crippen molar-refractivity contribution in [3.63, 3.8) is 0 Å². The van der Waals surface area contributed by atoms with Gasteiger partial charge in [0.2, 0.25) is 5.91 Å². The third-order valence-electron chi connectivity index (χ3n) is 6.19. The van der Waals surface area contributed by atoms with Crippen LogP contribution in [-0.4, -0.2) is 49.0 Å². The second-order valence-electron chi connectivity index (χ2n) is 9.12. The van der Waals surface area contributed by atoms with E-state index in [1.807, 2.05) is 66.7 Å². The summed E-state index contributed by atoms with van der Waals surface area (Å²) < 4.78 is 5.83. The van der Waals surface area contributed by atoms with E-state index in [2.05, 4.69) is 20.5 Å². The Morgan fingerprint density at radius 2 is 1.62 bits per heavy atom. The summed E-state index contributed by atoms with van der Waals surface area (Å²) in [6, 6.07) is 23.8. The Labute approximate surface area is 223 Å². The number of hydrogen-bond acceptors (Lipinski definition) is 4. The van der Waals surface area contributed by atoms with Crippen LogP contribution in [0.15, 0.2) is 83.9 Å². The number of benzene rings is 3. The summed E-state index contributed by atoms with van der Waals surface area (Å²) in [5.74, 6) is 1.43. The number of hydrogen-bond donors (Lipinski definition) is 3. The number of rotatable bonds is 11. The molecule has 3 aromatic carbocycles. The molecule has 4 N–H and O–H groups in total. The largest absolute Gasteiger partial charge is 0.457 e. The minimum absolute atomic E-state index is 0.123. The Bertz CT molecular complexity index is 1150. The van der Waals surface area contributed by atoms with E-state index in [1.54, 1.807) is 12.1 Å². The molecule has 7 nitrogen and oxygen atoms in total. The first-order valence-electron chi connectivity index (χ1n) is 12.7. The number of carbonyl (C=O) groups is 1. The number of nitrogens with one attached hydrogen (secondary N) is 2. The van der Waals surface area contributed by atoms with Gasteiger partial charge in [-0.2, -0.15) is 0 Å². The van der Waals surface area contributed by atoms with Crippen LogP contribution < -0.4 is 21.1 Å². The molecular weight excluding hydrogens is 486 g/mol. The van der Waals surface area contributed by atoms with Crippen molar-refractivity contribution < 1.29 is 9.53 Å². The van der Waals surface area contributed by atoms with Crippen molar-refractivity contribution in [2.24, 2.45) is 10.7 Å². The fourth-order valence-corrected chi connectivity index (χ4v) is 4.39. The van der Waals surface area contributed by atoms with Gasteiger partial charge in [0.1, 0.15) is 17.5 Å². The molecule has 3 aromatic rings. The van der Waals surface area contributed by atoms with Crippen molar-refractivity contribution in [2.45, 2.75) is 31.7 Å². The summed E-state index contributed by atoms with van der Waals surface area (Å²) in [6.07, 6.45) is 3.93. The van der Waals surface area contributed by atoms with Crippen LogP contribution in [0.5, 0.6) is 11.5 Å². The van der Waals surface area contributed by atoms with Gasteiger partial charge in [0.15, 0.2) is 5.96 Å². The van der Waals surface area contributed by atoms with Gasteiger partial charge in [-0.05, 0) is 93.0 Å². The molecule has 0 radical (unpaired) electrons. The normalized spacial score (nSPS) is 14.8. The lowest BCUT2D eigenvalue weighted by Gasteiger charge is -2.17. The first kappa shape index (κ1) is 26.5. The van der Waals surface area contributed by atoms with Crippen LogP contribution in [0.3, 0.4) is 0 Å². The van der Waals surface area contributed by atoms with Crippen LogP contribution >= 0.6 is 11.6 Å². The average Bonchev–Trinajstić information content (AvgIpc) is 3.43. The Kier molecular flexibility index (Phi) is 9.80. The Balaban J connectivity index is 1.35. The fourth-order valence-electron chi connectivity index (χ4n) is 4.27. The second-order valence-corrected chi connectivity index (χ2v) is 9.55. The number of amides is 1. The molecule has 1 amide bonds. The Hall–Kier alpha value is -3.55. The summed E-state index contributed by atoms with van der Waals surface area (Å²) in [6.45, 7) is 3.95. The van der Waals surface area contributed by atoms with Gasteiger partial charge in [-0.25, -0.2) is 4.99 Å². The third-order valence-corrected chi connectivity index (χ3v) is 6.45. The first-order valence-corrected chi connectivity index (χ1v) is 13.1. The van der Waals surface area contributed by atoms with Crippen LogP contribution in [0.2, 0.25) is 5.02 Å². The summed E-state index contributed by atoms with van der Waals surface area (Å²) in [5, 5.41) is 6.79. The summed E-state index contributed by atoms with van der Waals surface area (Å²) in [7, 11) is 0. The van der Waals surface area contributed by atoms with Crippen LogP contribution in [0.1, 0.15) is 24.8 Å². The number of halogens is 1. The minimum Gasteiger partial charge on any atom is -0.457 e. The van der Waals surface area contributed by atoms with Crippen molar-refractivity contribution in [3.8, 4) is 11.5 Å². The van der Waals surface area contributed by atoms with Crippen molar-refractivity contribution in [1.29, 1.82) is 0 Å². The van der Waals surface area contributed by atoms with E-state index < -0.39 is 6.04 Å². The third kappa shape index (κ3) is 8.81. The highest BCUT2D eigenvalue weighted by molar-refractivity contribution is 6.30. The molecule has 4 rings (SSSR count). The molecule has 1 heterocycles. The lowest BCUT2D eigenvalue weighted by atomic mass is 10.1. The molecule has 1 fully saturated rings. The van der Waals surface area contributed by atoms with E-state index in [0.29, 0.717) is 29.5 Å². The SMILES string of the molecule is NC(=N[C@@H](Cc1ccccc1)C(=O)NCCCN1CCCC1)Nc1ccc(Oc2ccc(Cl)cc2)cc1. The van der Waals surface area contributed by atoms with Crippen LogP contribution in [0, 0.1) is 0 Å². The van der Waals surface area contributed by atoms with Gasteiger partial charge in [-0.3, -0.25) is 4.79 Å². The van der Waals surface area contributed by atoms with Gasteiger partial charge in [0, 0.05) is 23.7 Å². The molecular formula is C29H34ClN5O2. The molecule has 1 atom stereocenters. The number of ether oxygens (including phenoxy) is 1. The summed E-state index contributed by atoms with van der Waals surface area (Å²) in [5.41, 5.74) is 7.99. The van der Waals surface area contributed by atoms with Gasteiger partial charge < -0.3 is 26.0 Å². The number of anilines is 1. The van der Waals surface area contributed by atoms with Gasteiger partial charge in [0.05, 0.1) is 0 Å². The highest BCUT2D eigenvalue weighted by Crippen LogP contribution is 2.24. The van der Waals surface area contributed by atoms with Gasteiger partial charge >= 0.3 is 0 Å². The Morgan fingerprint density at radius 1 is 0.973 bits per heavy atom. The number of aliphatic imine (C=N–C) groups is 1. The lowest BCUT2D eigenvalue weighted by molar-refractivity contribution is -0.122. The minimum atomic E-state index is -0.630. The maximum atomic E-state index is 13.0. The quantitative estimate of drug-likeness (QED) is 0.187. The smallest absolute Gasteiger partial charge is 0.245 e. The molecule has 0 bridgehead atoms. The molecule has 1 aliphatic heterocycles. The monoisotopic (exact) mass is 519 g/mol. The standard InChI is InChI=1S/C29H34ClN5O2/c30-23-9-13-25(14-10-23)37-26-15-11-24(12-16-26)33-29(31)34-27(21-22-7-2-1-3-8-22)28(36)32-17-6-20-35-18-4-5-19-35/h1-3,7-16,27H,4-6,17-21H2,(H,32,36)(H3,31,33,34)/t27-/m0/s1. The summed E-state index contributed by atoms with van der Waals surface area (Å²) >= 11 is 5.93. The van der Waals surface area contributed by atoms with Crippen molar-refractivity contribution in [3.05, 3.63) is 89.4 Å². The number of nitrogens with two attached hydrogens (primary N) is 1.